The summed E-state index contributed by atoms with van der Waals surface area (Å²) < 4.78 is 7.86. The number of nitrogens with zero attached hydrogens (tertiary/aromatic N) is 4. The van der Waals surface area contributed by atoms with Crippen LogP contribution in [0.1, 0.15) is 41.5 Å². The fourth-order valence-electron chi connectivity index (χ4n) is 2.33. The number of aromatic nitrogens is 4. The molecule has 0 spiro atoms. The molecule has 3 rings (SSSR count). The third-order valence-electron chi connectivity index (χ3n) is 3.79. The Morgan fingerprint density at radius 2 is 1.79 bits per heavy atom. The first-order valence-corrected chi connectivity index (χ1v) is 8.92. The largest absolute Gasteiger partial charge is 0.442 e. The molecule has 8 heteroatoms. The number of fused-ring (bicyclic) bond motifs is 1. The van der Waals surface area contributed by atoms with Crippen molar-refractivity contribution in [2.24, 2.45) is 5.41 Å². The van der Waals surface area contributed by atoms with Gasteiger partial charge in [-0.05, 0) is 53.7 Å². The summed E-state index contributed by atoms with van der Waals surface area (Å²) >= 11 is 0. The van der Waals surface area contributed by atoms with Crippen molar-refractivity contribution in [1.29, 1.82) is 0 Å². The average molecular weight is 384 g/mol. The van der Waals surface area contributed by atoms with Crippen molar-refractivity contribution < 1.29 is 19.2 Å². The molecule has 0 bridgehead atoms. The zero-order valence-corrected chi connectivity index (χ0v) is 16.9. The fraction of sp³-hybridized carbons (Fsp3) is 0.400. The quantitative estimate of drug-likeness (QED) is 0.670. The summed E-state index contributed by atoms with van der Waals surface area (Å²) in [5.41, 5.74) is 0.684. The summed E-state index contributed by atoms with van der Waals surface area (Å²) in [7, 11) is 0. The topological polar surface area (TPSA) is 88.2 Å². The predicted molar refractivity (Wildman–Crippen MR) is 104 cm³/mol. The second kappa shape index (κ2) is 6.78. The van der Waals surface area contributed by atoms with E-state index >= 15 is 0 Å². The molecule has 0 unspecified atom stereocenters. The lowest BCUT2D eigenvalue weighted by Crippen LogP contribution is -2.30. The van der Waals surface area contributed by atoms with E-state index in [0.29, 0.717) is 16.8 Å². The van der Waals surface area contributed by atoms with Gasteiger partial charge in [-0.15, -0.1) is 0 Å². The Bertz CT molecular complexity index is 1030. The van der Waals surface area contributed by atoms with Crippen LogP contribution in [0.5, 0.6) is 0 Å². The molecule has 0 saturated carbocycles. The molecule has 0 aromatic carbocycles. The van der Waals surface area contributed by atoms with Crippen LogP contribution in [0.4, 0.5) is 4.79 Å². The minimum Gasteiger partial charge on any atom is -0.442 e. The van der Waals surface area contributed by atoms with Crippen molar-refractivity contribution in [3.05, 3.63) is 36.9 Å². The second-order valence-electron chi connectivity index (χ2n) is 8.55. The highest BCUT2D eigenvalue weighted by Gasteiger charge is 2.25. The number of ether oxygens (including phenoxy) is 1. The van der Waals surface area contributed by atoms with Gasteiger partial charge >= 0.3 is 12.1 Å². The number of hydrogen-bond acceptors (Lipinski definition) is 6. The van der Waals surface area contributed by atoms with Gasteiger partial charge in [-0.25, -0.2) is 9.59 Å². The van der Waals surface area contributed by atoms with Gasteiger partial charge in [0, 0.05) is 29.5 Å². The van der Waals surface area contributed by atoms with Crippen LogP contribution in [0.25, 0.3) is 22.2 Å². The van der Waals surface area contributed by atoms with Crippen LogP contribution in [-0.2, 0) is 9.53 Å². The van der Waals surface area contributed by atoms with Gasteiger partial charge in [0.1, 0.15) is 5.60 Å². The summed E-state index contributed by atoms with van der Waals surface area (Å²) in [5.74, 6) is -0.346. The van der Waals surface area contributed by atoms with Crippen molar-refractivity contribution >= 4 is 23.0 Å². The van der Waals surface area contributed by atoms with Crippen molar-refractivity contribution in [3.63, 3.8) is 0 Å². The lowest BCUT2D eigenvalue weighted by atomic mass is 9.98. The third kappa shape index (κ3) is 4.21. The lowest BCUT2D eigenvalue weighted by molar-refractivity contribution is -0.152. The first-order valence-electron chi connectivity index (χ1n) is 8.92. The number of pyridine rings is 1. The Kier molecular flexibility index (Phi) is 4.74. The summed E-state index contributed by atoms with van der Waals surface area (Å²) in [6.45, 7) is 10.7. The molecule has 0 fully saturated rings. The first-order chi connectivity index (χ1) is 12.9. The van der Waals surface area contributed by atoms with Crippen LogP contribution < -0.4 is 4.84 Å². The Morgan fingerprint density at radius 3 is 2.43 bits per heavy atom. The smallest absolute Gasteiger partial charge is 0.435 e. The van der Waals surface area contributed by atoms with Gasteiger partial charge in [0.25, 0.3) is 0 Å². The molecule has 8 nitrogen and oxygen atoms in total. The van der Waals surface area contributed by atoms with E-state index in [4.69, 9.17) is 9.57 Å². The van der Waals surface area contributed by atoms with Crippen LogP contribution >= 0.6 is 0 Å². The van der Waals surface area contributed by atoms with E-state index in [2.05, 4.69) is 10.1 Å². The first kappa shape index (κ1) is 19.6. The molecule has 28 heavy (non-hydrogen) atoms. The molecule has 0 aliphatic heterocycles. The summed E-state index contributed by atoms with van der Waals surface area (Å²) in [6, 6.07) is 3.59. The Balaban J connectivity index is 1.90. The lowest BCUT2D eigenvalue weighted by Gasteiger charge is -2.18. The highest BCUT2D eigenvalue weighted by molar-refractivity contribution is 5.84. The van der Waals surface area contributed by atoms with Crippen LogP contribution in [0, 0.1) is 5.41 Å². The summed E-state index contributed by atoms with van der Waals surface area (Å²) in [5, 5.41) is 4.88. The highest BCUT2D eigenvalue weighted by Crippen LogP contribution is 2.23. The minimum atomic E-state index is -0.624. The van der Waals surface area contributed by atoms with Crippen molar-refractivity contribution in [2.75, 3.05) is 0 Å². The minimum absolute atomic E-state index is 0.346. The maximum atomic E-state index is 12.2. The van der Waals surface area contributed by atoms with Gasteiger partial charge in [0.2, 0.25) is 0 Å². The van der Waals surface area contributed by atoms with Gasteiger partial charge in [0.05, 0.1) is 22.8 Å². The van der Waals surface area contributed by atoms with E-state index in [1.54, 1.807) is 66.2 Å². The Hall–Kier alpha value is -3.16. The number of hydrogen-bond donors (Lipinski definition) is 0. The molecule has 148 valence electrons. The van der Waals surface area contributed by atoms with E-state index in [1.165, 1.54) is 10.9 Å². The van der Waals surface area contributed by atoms with E-state index in [-0.39, 0.29) is 5.97 Å². The summed E-state index contributed by atoms with van der Waals surface area (Å²) in [6.07, 6.45) is 5.87. The van der Waals surface area contributed by atoms with Gasteiger partial charge in [-0.1, -0.05) is 0 Å². The average Bonchev–Trinajstić information content (AvgIpc) is 3.19. The molecule has 0 N–H and O–H groups in total. The molecule has 3 aromatic rings. The molecule has 0 radical (unpaired) electrons. The van der Waals surface area contributed by atoms with Gasteiger partial charge in [0.15, 0.2) is 0 Å². The maximum absolute atomic E-state index is 12.2. The number of rotatable bonds is 2. The molecule has 0 atom stereocenters. The van der Waals surface area contributed by atoms with Gasteiger partial charge < -0.3 is 9.57 Å². The molecule has 0 saturated heterocycles. The molecule has 0 aliphatic carbocycles. The van der Waals surface area contributed by atoms with Crippen LogP contribution in [0.2, 0.25) is 0 Å². The van der Waals surface area contributed by atoms with E-state index in [1.807, 2.05) is 6.07 Å². The van der Waals surface area contributed by atoms with Crippen LogP contribution in [0.3, 0.4) is 0 Å². The highest BCUT2D eigenvalue weighted by atomic mass is 16.7. The third-order valence-corrected chi connectivity index (χ3v) is 3.79. The molecular weight excluding hydrogens is 360 g/mol. The standard InChI is InChI=1S/C20H24N4O4/c1-19(2,3)17(25)28-24-8-7-13-10-21-15(9-16(13)24)14-11-22-23(12-14)18(26)27-20(4,5)6/h7-12H,1-6H3. The molecule has 3 heterocycles. The molecule has 3 aromatic heterocycles. The van der Waals surface area contributed by atoms with E-state index < -0.39 is 17.1 Å². The fourth-order valence-corrected chi connectivity index (χ4v) is 2.33. The Morgan fingerprint density at radius 1 is 1.07 bits per heavy atom. The monoisotopic (exact) mass is 384 g/mol. The van der Waals surface area contributed by atoms with Crippen LogP contribution in [-0.4, -0.2) is 37.2 Å². The SMILES string of the molecule is CC(C)(C)OC(=O)n1cc(-c2cc3c(ccn3OC(=O)C(C)(C)C)cn2)cn1. The zero-order chi connectivity index (χ0) is 20.7. The van der Waals surface area contributed by atoms with E-state index in [0.717, 1.165) is 10.1 Å². The number of carbonyl (C=O) groups excluding carboxylic acids is 2. The van der Waals surface area contributed by atoms with Crippen LogP contribution in [0.15, 0.2) is 36.9 Å². The zero-order valence-electron chi connectivity index (χ0n) is 16.9. The summed E-state index contributed by atoms with van der Waals surface area (Å²) in [4.78, 5) is 34.2. The molecule has 0 aliphatic rings. The van der Waals surface area contributed by atoms with Crippen molar-refractivity contribution in [2.45, 2.75) is 47.1 Å². The molecule has 0 amide bonds. The van der Waals surface area contributed by atoms with E-state index in [9.17, 15) is 9.59 Å². The second-order valence-corrected chi connectivity index (χ2v) is 8.55. The van der Waals surface area contributed by atoms with Crippen molar-refractivity contribution in [3.8, 4) is 11.3 Å². The van der Waals surface area contributed by atoms with Gasteiger partial charge in [-0.3, -0.25) is 4.98 Å². The van der Waals surface area contributed by atoms with Gasteiger partial charge in [-0.2, -0.15) is 14.5 Å². The van der Waals surface area contributed by atoms with Crippen molar-refractivity contribution in [1.82, 2.24) is 19.5 Å². The Labute approximate surface area is 163 Å². The number of carbonyl (C=O) groups is 2. The maximum Gasteiger partial charge on any atom is 0.435 e. The molecular formula is C20H24N4O4. The predicted octanol–water partition coefficient (Wildman–Crippen LogP) is 3.68. The normalized spacial score (nSPS) is 12.2.